The Hall–Kier alpha value is -2.02. The Bertz CT molecular complexity index is 727. The monoisotopic (exact) mass is 355 g/mol. The number of rotatable bonds is 7. The van der Waals surface area contributed by atoms with Crippen molar-refractivity contribution in [3.8, 4) is 5.88 Å². The average Bonchev–Trinajstić information content (AvgIpc) is 3.19. The van der Waals surface area contributed by atoms with Crippen molar-refractivity contribution in [1.82, 2.24) is 14.9 Å². The first-order valence-electron chi connectivity index (χ1n) is 9.04. The fourth-order valence-corrected chi connectivity index (χ4v) is 4.09. The lowest BCUT2D eigenvalue weighted by Crippen LogP contribution is -2.35. The first-order chi connectivity index (χ1) is 12.8. The minimum Gasteiger partial charge on any atom is -0.481 e. The van der Waals surface area contributed by atoms with Crippen molar-refractivity contribution < 1.29 is 14.2 Å². The van der Waals surface area contributed by atoms with Gasteiger partial charge in [0.2, 0.25) is 5.88 Å². The van der Waals surface area contributed by atoms with Crippen LogP contribution in [0.5, 0.6) is 5.88 Å². The molecule has 0 N–H and O–H groups in total. The van der Waals surface area contributed by atoms with Crippen molar-refractivity contribution in [3.63, 3.8) is 0 Å². The summed E-state index contributed by atoms with van der Waals surface area (Å²) in [5.41, 5.74) is 2.31. The quantitative estimate of drug-likeness (QED) is 0.759. The summed E-state index contributed by atoms with van der Waals surface area (Å²) in [6.45, 7) is 5.74. The molecule has 26 heavy (non-hydrogen) atoms. The molecular weight excluding hydrogens is 330 g/mol. The van der Waals surface area contributed by atoms with Crippen LogP contribution in [0.1, 0.15) is 11.1 Å². The first kappa shape index (κ1) is 17.4. The largest absolute Gasteiger partial charge is 0.481 e. The van der Waals surface area contributed by atoms with Crippen LogP contribution in [0.15, 0.2) is 42.9 Å². The Labute approximate surface area is 154 Å². The summed E-state index contributed by atoms with van der Waals surface area (Å²) >= 11 is 0. The van der Waals surface area contributed by atoms with Crippen LogP contribution in [-0.2, 0) is 22.6 Å². The number of methoxy groups -OCH3 is 1. The van der Waals surface area contributed by atoms with Crippen LogP contribution in [0.4, 0.5) is 0 Å². The highest BCUT2D eigenvalue weighted by Gasteiger charge is 2.50. The molecule has 4 rings (SSSR count). The molecule has 0 radical (unpaired) electrons. The van der Waals surface area contributed by atoms with Gasteiger partial charge in [0.05, 0.1) is 33.5 Å². The minimum atomic E-state index is 0.0810. The molecule has 2 fully saturated rings. The average molecular weight is 355 g/mol. The summed E-state index contributed by atoms with van der Waals surface area (Å²) < 4.78 is 17.3. The van der Waals surface area contributed by atoms with Crippen LogP contribution in [0.3, 0.4) is 0 Å². The third-order valence-corrected chi connectivity index (χ3v) is 5.41. The van der Waals surface area contributed by atoms with Crippen LogP contribution in [0.25, 0.3) is 0 Å². The summed E-state index contributed by atoms with van der Waals surface area (Å²) in [7, 11) is 1.67. The molecule has 2 atom stereocenters. The normalized spacial score (nSPS) is 25.3. The molecule has 2 saturated heterocycles. The Morgan fingerprint density at radius 2 is 2.23 bits per heavy atom. The van der Waals surface area contributed by atoms with E-state index in [-0.39, 0.29) is 5.41 Å². The molecule has 0 spiro atoms. The summed E-state index contributed by atoms with van der Waals surface area (Å²) in [5, 5.41) is 0. The molecule has 0 aliphatic carbocycles. The van der Waals surface area contributed by atoms with Crippen LogP contribution in [0.2, 0.25) is 0 Å². The fraction of sp³-hybridized carbons (Fsp3) is 0.500. The number of likely N-dealkylation sites (tertiary alicyclic amines) is 1. The Morgan fingerprint density at radius 3 is 3.08 bits per heavy atom. The number of ether oxygens (including phenoxy) is 3. The Kier molecular flexibility index (Phi) is 5.15. The molecule has 2 aromatic rings. The van der Waals surface area contributed by atoms with Gasteiger partial charge in [0, 0.05) is 55.1 Å². The van der Waals surface area contributed by atoms with Gasteiger partial charge in [-0.2, -0.15) is 0 Å². The molecule has 0 unspecified atom stereocenters. The van der Waals surface area contributed by atoms with Gasteiger partial charge in [-0.15, -0.1) is 0 Å². The van der Waals surface area contributed by atoms with Crippen molar-refractivity contribution in [2.45, 2.75) is 13.2 Å². The van der Waals surface area contributed by atoms with E-state index in [1.165, 1.54) is 0 Å². The van der Waals surface area contributed by atoms with Crippen LogP contribution >= 0.6 is 0 Å². The minimum absolute atomic E-state index is 0.0810. The van der Waals surface area contributed by atoms with Crippen molar-refractivity contribution in [1.29, 1.82) is 0 Å². The van der Waals surface area contributed by atoms with Crippen molar-refractivity contribution in [3.05, 3.63) is 54.0 Å². The molecule has 6 heteroatoms. The van der Waals surface area contributed by atoms with Gasteiger partial charge in [0.1, 0.15) is 0 Å². The van der Waals surface area contributed by atoms with Crippen LogP contribution < -0.4 is 4.74 Å². The molecule has 0 bridgehead atoms. The number of nitrogens with zero attached hydrogens (tertiary/aromatic N) is 3. The lowest BCUT2D eigenvalue weighted by Gasteiger charge is -2.27. The molecule has 2 aliphatic heterocycles. The number of aromatic nitrogens is 2. The highest BCUT2D eigenvalue weighted by Crippen LogP contribution is 2.42. The molecule has 2 aromatic heterocycles. The maximum atomic E-state index is 6.07. The fourth-order valence-electron chi connectivity index (χ4n) is 4.09. The topological polar surface area (TPSA) is 56.7 Å². The molecule has 0 aromatic carbocycles. The van der Waals surface area contributed by atoms with Crippen LogP contribution in [-0.4, -0.2) is 54.9 Å². The Balaban J connectivity index is 1.38. The number of hydrogen-bond donors (Lipinski definition) is 0. The van der Waals surface area contributed by atoms with E-state index in [4.69, 9.17) is 14.2 Å². The van der Waals surface area contributed by atoms with Gasteiger partial charge < -0.3 is 14.2 Å². The van der Waals surface area contributed by atoms with E-state index in [2.05, 4.69) is 20.9 Å². The van der Waals surface area contributed by atoms with Gasteiger partial charge in [0.15, 0.2) is 0 Å². The summed E-state index contributed by atoms with van der Waals surface area (Å²) in [6, 6.07) is 8.03. The second kappa shape index (κ2) is 7.70. The van der Waals surface area contributed by atoms with E-state index < -0.39 is 0 Å². The zero-order valence-electron chi connectivity index (χ0n) is 15.1. The SMILES string of the molecule is COc1ncccc1CN1C[C@@H]2COC[C@]2(COCc2cccnc2)C1. The summed E-state index contributed by atoms with van der Waals surface area (Å²) in [5.74, 6) is 1.22. The molecule has 0 amide bonds. The highest BCUT2D eigenvalue weighted by atomic mass is 16.5. The molecule has 6 nitrogen and oxygen atoms in total. The van der Waals surface area contributed by atoms with Gasteiger partial charge in [-0.25, -0.2) is 4.98 Å². The molecule has 138 valence electrons. The van der Waals surface area contributed by atoms with Gasteiger partial charge in [-0.1, -0.05) is 12.1 Å². The number of pyridine rings is 2. The standard InChI is InChI=1S/C20H25N3O3/c1-24-19-17(5-3-7-22-19)9-23-10-18-12-26-15-20(18,13-23)14-25-11-16-4-2-6-21-8-16/h2-8,18H,9-15H2,1H3/t18-,20-/m1/s1. The molecule has 2 aliphatic rings. The maximum absolute atomic E-state index is 6.07. The smallest absolute Gasteiger partial charge is 0.217 e. The lowest BCUT2D eigenvalue weighted by atomic mass is 9.82. The van der Waals surface area contributed by atoms with Crippen molar-refractivity contribution in [2.75, 3.05) is 40.0 Å². The third kappa shape index (κ3) is 3.58. The molecular formula is C20H25N3O3. The second-order valence-electron chi connectivity index (χ2n) is 7.27. The van der Waals surface area contributed by atoms with E-state index in [9.17, 15) is 0 Å². The van der Waals surface area contributed by atoms with E-state index in [1.54, 1.807) is 19.5 Å². The van der Waals surface area contributed by atoms with E-state index >= 15 is 0 Å². The molecule has 0 saturated carbocycles. The maximum Gasteiger partial charge on any atom is 0.217 e. The van der Waals surface area contributed by atoms with Crippen LogP contribution in [0, 0.1) is 11.3 Å². The van der Waals surface area contributed by atoms with Crippen molar-refractivity contribution >= 4 is 0 Å². The van der Waals surface area contributed by atoms with Gasteiger partial charge in [0.25, 0.3) is 0 Å². The predicted octanol–water partition coefficient (Wildman–Crippen LogP) is 2.15. The van der Waals surface area contributed by atoms with Gasteiger partial charge >= 0.3 is 0 Å². The van der Waals surface area contributed by atoms with Gasteiger partial charge in [-0.3, -0.25) is 9.88 Å². The Morgan fingerprint density at radius 1 is 1.31 bits per heavy atom. The van der Waals surface area contributed by atoms with Gasteiger partial charge in [-0.05, 0) is 17.7 Å². The molecule has 4 heterocycles. The second-order valence-corrected chi connectivity index (χ2v) is 7.27. The predicted molar refractivity (Wildman–Crippen MR) is 96.7 cm³/mol. The number of fused-ring (bicyclic) bond motifs is 1. The van der Waals surface area contributed by atoms with E-state index in [0.717, 1.165) is 44.0 Å². The zero-order valence-corrected chi connectivity index (χ0v) is 15.1. The van der Waals surface area contributed by atoms with E-state index in [0.29, 0.717) is 25.0 Å². The summed E-state index contributed by atoms with van der Waals surface area (Å²) in [4.78, 5) is 10.9. The number of hydrogen-bond acceptors (Lipinski definition) is 6. The third-order valence-electron chi connectivity index (χ3n) is 5.41. The highest BCUT2D eigenvalue weighted by molar-refractivity contribution is 5.25. The summed E-state index contributed by atoms with van der Waals surface area (Å²) in [6.07, 6.45) is 5.41. The van der Waals surface area contributed by atoms with E-state index in [1.807, 2.05) is 24.4 Å². The lowest BCUT2D eigenvalue weighted by molar-refractivity contribution is 0.0181. The zero-order chi connectivity index (χ0) is 17.8. The first-order valence-corrected chi connectivity index (χ1v) is 9.04. The van der Waals surface area contributed by atoms with Crippen molar-refractivity contribution in [2.24, 2.45) is 11.3 Å².